The van der Waals surface area contributed by atoms with Crippen molar-refractivity contribution in [1.82, 2.24) is 5.32 Å². The number of anilines is 1. The van der Waals surface area contributed by atoms with Crippen molar-refractivity contribution in [3.05, 3.63) is 59.1 Å². The summed E-state index contributed by atoms with van der Waals surface area (Å²) in [6.07, 6.45) is 0.471. The molecule has 2 aromatic rings. The number of para-hydroxylation sites is 2. The Hall–Kier alpha value is -2.53. The molecule has 1 unspecified atom stereocenters. The molecule has 3 N–H and O–H groups in total. The molecule has 5 nitrogen and oxygen atoms in total. The number of hydrogen-bond acceptors (Lipinski definition) is 3. The molecule has 0 bridgehead atoms. The molecular weight excluding hydrogens is 340 g/mol. The van der Waals surface area contributed by atoms with E-state index in [1.165, 1.54) is 6.07 Å². The van der Waals surface area contributed by atoms with Crippen LogP contribution in [-0.4, -0.2) is 23.0 Å². The van der Waals surface area contributed by atoms with Gasteiger partial charge in [-0.15, -0.1) is 0 Å². The molecule has 25 heavy (non-hydrogen) atoms. The van der Waals surface area contributed by atoms with Gasteiger partial charge in [0, 0.05) is 10.6 Å². The van der Waals surface area contributed by atoms with Gasteiger partial charge in [-0.05, 0) is 48.7 Å². The van der Waals surface area contributed by atoms with E-state index in [9.17, 15) is 14.7 Å². The highest BCUT2D eigenvalue weighted by Gasteiger charge is 2.23. The Morgan fingerprint density at radius 2 is 1.72 bits per heavy atom. The molecular formula is C19H21ClN2O3. The van der Waals surface area contributed by atoms with Crippen molar-refractivity contribution in [2.45, 2.75) is 26.3 Å². The zero-order valence-electron chi connectivity index (χ0n) is 14.1. The topological polar surface area (TPSA) is 78.4 Å². The van der Waals surface area contributed by atoms with Crippen LogP contribution in [0.3, 0.4) is 0 Å². The second kappa shape index (κ2) is 8.53. The summed E-state index contributed by atoms with van der Waals surface area (Å²) >= 11 is 5.83. The maximum atomic E-state index is 12.6. The van der Waals surface area contributed by atoms with Crippen LogP contribution >= 0.6 is 11.6 Å². The fourth-order valence-corrected chi connectivity index (χ4v) is 2.47. The highest BCUT2D eigenvalue weighted by Crippen LogP contribution is 2.22. The normalized spacial score (nSPS) is 11.8. The van der Waals surface area contributed by atoms with E-state index in [0.29, 0.717) is 22.7 Å². The Labute approximate surface area is 152 Å². The first kappa shape index (κ1) is 18.8. The summed E-state index contributed by atoms with van der Waals surface area (Å²) in [6.45, 7) is 3.93. The van der Waals surface area contributed by atoms with Gasteiger partial charge in [-0.2, -0.15) is 0 Å². The van der Waals surface area contributed by atoms with Crippen LogP contribution in [0.5, 0.6) is 5.75 Å². The lowest BCUT2D eigenvalue weighted by Crippen LogP contribution is -2.44. The van der Waals surface area contributed by atoms with E-state index >= 15 is 0 Å². The minimum atomic E-state index is -0.720. The zero-order chi connectivity index (χ0) is 18.4. The average molecular weight is 361 g/mol. The molecule has 132 valence electrons. The van der Waals surface area contributed by atoms with E-state index in [4.69, 9.17) is 11.6 Å². The van der Waals surface area contributed by atoms with Gasteiger partial charge in [0.2, 0.25) is 5.91 Å². The molecule has 1 atom stereocenters. The Kier molecular flexibility index (Phi) is 6.42. The van der Waals surface area contributed by atoms with Crippen molar-refractivity contribution >= 4 is 29.1 Å². The van der Waals surface area contributed by atoms with Crippen LogP contribution in [-0.2, 0) is 4.79 Å². The first-order chi connectivity index (χ1) is 11.9. The summed E-state index contributed by atoms with van der Waals surface area (Å²) in [5.74, 6) is -0.555. The van der Waals surface area contributed by atoms with Crippen LogP contribution in [0, 0.1) is 5.92 Å². The average Bonchev–Trinajstić information content (AvgIpc) is 2.56. The maximum Gasteiger partial charge on any atom is 0.251 e. The van der Waals surface area contributed by atoms with Crippen LogP contribution in [0.2, 0.25) is 5.02 Å². The fraction of sp³-hybridized carbons (Fsp3) is 0.263. The summed E-state index contributed by atoms with van der Waals surface area (Å²) in [7, 11) is 0. The summed E-state index contributed by atoms with van der Waals surface area (Å²) in [6, 6.07) is 12.2. The molecule has 0 fully saturated rings. The molecule has 0 spiro atoms. The molecule has 2 rings (SSSR count). The molecule has 2 aromatic carbocycles. The fourth-order valence-electron chi connectivity index (χ4n) is 2.34. The van der Waals surface area contributed by atoms with Crippen molar-refractivity contribution in [3.8, 4) is 5.75 Å². The maximum absolute atomic E-state index is 12.6. The molecule has 0 aromatic heterocycles. The number of carbonyl (C=O) groups is 2. The standard InChI is InChI=1S/C19H21ClN2O3/c1-12(2)11-16(19(25)21-15-5-3-4-6-17(15)23)22-18(24)13-7-9-14(20)10-8-13/h3-10,12,16,23H,11H2,1-2H3,(H,21,25)(H,22,24). The van der Waals surface area contributed by atoms with Crippen LogP contribution in [0.15, 0.2) is 48.5 Å². The third-order valence-electron chi connectivity index (χ3n) is 3.60. The molecule has 0 radical (unpaired) electrons. The number of amides is 2. The largest absolute Gasteiger partial charge is 0.506 e. The molecule has 2 amide bonds. The second-order valence-electron chi connectivity index (χ2n) is 6.17. The molecule has 0 aliphatic carbocycles. The quantitative estimate of drug-likeness (QED) is 0.685. The molecule has 0 aliphatic rings. The molecule has 0 saturated heterocycles. The lowest BCUT2D eigenvalue weighted by Gasteiger charge is -2.20. The van der Waals surface area contributed by atoms with Gasteiger partial charge in [-0.25, -0.2) is 0 Å². The molecule has 0 heterocycles. The van der Waals surface area contributed by atoms with Crippen molar-refractivity contribution in [2.75, 3.05) is 5.32 Å². The van der Waals surface area contributed by atoms with Crippen molar-refractivity contribution < 1.29 is 14.7 Å². The van der Waals surface area contributed by atoms with Crippen molar-refractivity contribution in [2.24, 2.45) is 5.92 Å². The Bertz CT molecular complexity index is 745. The molecule has 6 heteroatoms. The van der Waals surface area contributed by atoms with E-state index < -0.39 is 6.04 Å². The van der Waals surface area contributed by atoms with Crippen LogP contribution in [0.4, 0.5) is 5.69 Å². The van der Waals surface area contributed by atoms with Gasteiger partial charge in [0.25, 0.3) is 5.91 Å². The van der Waals surface area contributed by atoms with Crippen molar-refractivity contribution in [3.63, 3.8) is 0 Å². The minimum absolute atomic E-state index is 0.0248. The summed E-state index contributed by atoms with van der Waals surface area (Å²) < 4.78 is 0. The Balaban J connectivity index is 2.12. The number of rotatable bonds is 6. The molecule has 0 saturated carbocycles. The van der Waals surface area contributed by atoms with Gasteiger partial charge in [0.15, 0.2) is 0 Å². The number of halogens is 1. The number of aromatic hydroxyl groups is 1. The number of hydrogen-bond donors (Lipinski definition) is 3. The lowest BCUT2D eigenvalue weighted by molar-refractivity contribution is -0.118. The van der Waals surface area contributed by atoms with Gasteiger partial charge < -0.3 is 15.7 Å². The highest BCUT2D eigenvalue weighted by atomic mass is 35.5. The van der Waals surface area contributed by atoms with E-state index in [-0.39, 0.29) is 23.5 Å². The number of carbonyl (C=O) groups excluding carboxylic acids is 2. The second-order valence-corrected chi connectivity index (χ2v) is 6.61. The Morgan fingerprint density at radius 3 is 2.32 bits per heavy atom. The first-order valence-electron chi connectivity index (χ1n) is 8.02. The van der Waals surface area contributed by atoms with E-state index in [0.717, 1.165) is 0 Å². The predicted molar refractivity (Wildman–Crippen MR) is 98.9 cm³/mol. The van der Waals surface area contributed by atoms with E-state index in [1.54, 1.807) is 42.5 Å². The molecule has 0 aliphatic heterocycles. The van der Waals surface area contributed by atoms with Gasteiger partial charge >= 0.3 is 0 Å². The predicted octanol–water partition coefficient (Wildman–Crippen LogP) is 3.83. The SMILES string of the molecule is CC(C)CC(NC(=O)c1ccc(Cl)cc1)C(=O)Nc1ccccc1O. The zero-order valence-corrected chi connectivity index (χ0v) is 14.9. The highest BCUT2D eigenvalue weighted by molar-refractivity contribution is 6.30. The van der Waals surface area contributed by atoms with Crippen LogP contribution in [0.25, 0.3) is 0 Å². The third kappa shape index (κ3) is 5.50. The Morgan fingerprint density at radius 1 is 1.08 bits per heavy atom. The summed E-state index contributed by atoms with van der Waals surface area (Å²) in [5.41, 5.74) is 0.732. The number of nitrogens with one attached hydrogen (secondary N) is 2. The van der Waals surface area contributed by atoms with Gasteiger partial charge in [0.05, 0.1) is 5.69 Å². The summed E-state index contributed by atoms with van der Waals surface area (Å²) in [4.78, 5) is 25.0. The number of phenolic OH excluding ortho intramolecular Hbond substituents is 1. The van der Waals surface area contributed by atoms with Crippen LogP contribution < -0.4 is 10.6 Å². The summed E-state index contributed by atoms with van der Waals surface area (Å²) in [5, 5.41) is 15.7. The first-order valence-corrected chi connectivity index (χ1v) is 8.40. The minimum Gasteiger partial charge on any atom is -0.506 e. The lowest BCUT2D eigenvalue weighted by atomic mass is 10.0. The van der Waals surface area contributed by atoms with E-state index in [2.05, 4.69) is 10.6 Å². The monoisotopic (exact) mass is 360 g/mol. The van der Waals surface area contributed by atoms with E-state index in [1.807, 2.05) is 13.8 Å². The van der Waals surface area contributed by atoms with Gasteiger partial charge in [0.1, 0.15) is 11.8 Å². The number of benzene rings is 2. The van der Waals surface area contributed by atoms with Crippen molar-refractivity contribution in [1.29, 1.82) is 0 Å². The van der Waals surface area contributed by atoms with Gasteiger partial charge in [-0.3, -0.25) is 9.59 Å². The van der Waals surface area contributed by atoms with Gasteiger partial charge in [-0.1, -0.05) is 37.6 Å². The van der Waals surface area contributed by atoms with Crippen LogP contribution in [0.1, 0.15) is 30.6 Å². The smallest absolute Gasteiger partial charge is 0.251 e. The number of phenols is 1. The third-order valence-corrected chi connectivity index (χ3v) is 3.85.